The van der Waals surface area contributed by atoms with Crippen molar-refractivity contribution in [1.82, 2.24) is 15.1 Å². The third-order valence-corrected chi connectivity index (χ3v) is 2.92. The first-order valence-electron chi connectivity index (χ1n) is 6.24. The van der Waals surface area contributed by atoms with Crippen LogP contribution in [0.5, 0.6) is 0 Å². The second-order valence-corrected chi connectivity index (χ2v) is 4.40. The van der Waals surface area contributed by atoms with Crippen LogP contribution < -0.4 is 10.6 Å². The van der Waals surface area contributed by atoms with Gasteiger partial charge in [0.05, 0.1) is 17.2 Å². The topological polar surface area (TPSA) is 102 Å². The maximum Gasteiger partial charge on any atom is 0.293 e. The summed E-state index contributed by atoms with van der Waals surface area (Å²) < 4.78 is 1.63. The van der Waals surface area contributed by atoms with Gasteiger partial charge in [0.1, 0.15) is 5.69 Å². The molecule has 0 unspecified atom stereocenters. The maximum absolute atomic E-state index is 12.0. The van der Waals surface area contributed by atoms with Gasteiger partial charge in [0.25, 0.3) is 11.6 Å². The lowest BCUT2D eigenvalue weighted by Crippen LogP contribution is -2.23. The number of carbonyl (C=O) groups excluding carboxylic acids is 1. The molecule has 2 N–H and O–H groups in total. The lowest BCUT2D eigenvalue weighted by atomic mass is 10.1. The second kappa shape index (κ2) is 6.04. The summed E-state index contributed by atoms with van der Waals surface area (Å²) in [5.41, 5.74) is 1.17. The SMILES string of the molecule is CNc1ccc(C(=O)NCc2ccn(C)n2)cc1[N+](=O)[O-]. The van der Waals surface area contributed by atoms with Gasteiger partial charge in [-0.3, -0.25) is 19.6 Å². The van der Waals surface area contributed by atoms with E-state index in [1.165, 1.54) is 18.2 Å². The molecule has 0 atom stereocenters. The molecule has 0 fully saturated rings. The Morgan fingerprint density at radius 2 is 2.19 bits per heavy atom. The predicted molar refractivity (Wildman–Crippen MR) is 77.0 cm³/mol. The van der Waals surface area contributed by atoms with Crippen LogP contribution in [0, 0.1) is 10.1 Å². The Labute approximate surface area is 120 Å². The highest BCUT2D eigenvalue weighted by molar-refractivity contribution is 5.95. The molecule has 8 heteroatoms. The monoisotopic (exact) mass is 289 g/mol. The molecule has 0 aliphatic heterocycles. The molecule has 2 aromatic rings. The molecule has 21 heavy (non-hydrogen) atoms. The van der Waals surface area contributed by atoms with Gasteiger partial charge in [0.2, 0.25) is 0 Å². The number of aryl methyl sites for hydroxylation is 1. The molecule has 0 aliphatic carbocycles. The van der Waals surface area contributed by atoms with Gasteiger partial charge in [-0.15, -0.1) is 0 Å². The molecule has 8 nitrogen and oxygen atoms in total. The van der Waals surface area contributed by atoms with Gasteiger partial charge in [0, 0.05) is 31.9 Å². The Balaban J connectivity index is 2.12. The fourth-order valence-corrected chi connectivity index (χ4v) is 1.87. The molecule has 1 aromatic carbocycles. The van der Waals surface area contributed by atoms with Crippen LogP contribution in [0.25, 0.3) is 0 Å². The number of anilines is 1. The number of aromatic nitrogens is 2. The van der Waals surface area contributed by atoms with E-state index in [1.807, 2.05) is 0 Å². The number of nitro groups is 1. The maximum atomic E-state index is 12.0. The van der Waals surface area contributed by atoms with E-state index < -0.39 is 4.92 Å². The molecule has 1 aromatic heterocycles. The minimum Gasteiger partial charge on any atom is -0.383 e. The fraction of sp³-hybridized carbons (Fsp3) is 0.231. The lowest BCUT2D eigenvalue weighted by Gasteiger charge is -2.06. The summed E-state index contributed by atoms with van der Waals surface area (Å²) in [4.78, 5) is 22.4. The summed E-state index contributed by atoms with van der Waals surface area (Å²) in [6.45, 7) is 0.265. The Hall–Kier alpha value is -2.90. The molecule has 1 amide bonds. The number of benzene rings is 1. The van der Waals surface area contributed by atoms with Gasteiger partial charge >= 0.3 is 0 Å². The van der Waals surface area contributed by atoms with E-state index in [4.69, 9.17) is 0 Å². The van der Waals surface area contributed by atoms with Crippen LogP contribution >= 0.6 is 0 Å². The van der Waals surface area contributed by atoms with Gasteiger partial charge in [-0.05, 0) is 18.2 Å². The molecule has 0 bridgehead atoms. The van der Waals surface area contributed by atoms with Crippen LogP contribution in [0.3, 0.4) is 0 Å². The Morgan fingerprint density at radius 3 is 2.76 bits per heavy atom. The molecular weight excluding hydrogens is 274 g/mol. The van der Waals surface area contributed by atoms with Crippen LogP contribution in [0.4, 0.5) is 11.4 Å². The number of carbonyl (C=O) groups is 1. The summed E-state index contributed by atoms with van der Waals surface area (Å²) in [7, 11) is 3.37. The first-order valence-corrected chi connectivity index (χ1v) is 6.24. The summed E-state index contributed by atoms with van der Waals surface area (Å²) >= 11 is 0. The smallest absolute Gasteiger partial charge is 0.293 e. The van der Waals surface area contributed by atoms with E-state index >= 15 is 0 Å². The van der Waals surface area contributed by atoms with Crippen LogP contribution in [-0.2, 0) is 13.6 Å². The van der Waals surface area contributed by atoms with Crippen LogP contribution in [-0.4, -0.2) is 27.7 Å². The highest BCUT2D eigenvalue weighted by Crippen LogP contribution is 2.24. The Bertz CT molecular complexity index is 680. The minimum absolute atomic E-state index is 0.136. The molecule has 0 aliphatic rings. The average Bonchev–Trinajstić information content (AvgIpc) is 2.89. The highest BCUT2D eigenvalue weighted by Gasteiger charge is 2.16. The van der Waals surface area contributed by atoms with Gasteiger partial charge in [-0.2, -0.15) is 5.10 Å². The number of rotatable bonds is 5. The number of nitrogens with zero attached hydrogens (tertiary/aromatic N) is 3. The molecule has 110 valence electrons. The quantitative estimate of drug-likeness (QED) is 0.638. The number of hydrogen-bond donors (Lipinski definition) is 2. The van der Waals surface area contributed by atoms with E-state index in [2.05, 4.69) is 15.7 Å². The van der Waals surface area contributed by atoms with Crippen molar-refractivity contribution in [3.63, 3.8) is 0 Å². The number of amides is 1. The number of nitrogens with one attached hydrogen (secondary N) is 2. The number of nitro benzene ring substituents is 1. The van der Waals surface area contributed by atoms with Crippen molar-refractivity contribution >= 4 is 17.3 Å². The van der Waals surface area contributed by atoms with Crippen molar-refractivity contribution in [2.45, 2.75) is 6.54 Å². The molecule has 0 spiro atoms. The van der Waals surface area contributed by atoms with E-state index in [9.17, 15) is 14.9 Å². The summed E-state index contributed by atoms with van der Waals surface area (Å²) in [5.74, 6) is -0.383. The summed E-state index contributed by atoms with van der Waals surface area (Å²) in [6, 6.07) is 6.08. The van der Waals surface area contributed by atoms with E-state index in [0.717, 1.165) is 0 Å². The first kappa shape index (κ1) is 14.5. The van der Waals surface area contributed by atoms with Crippen molar-refractivity contribution in [2.24, 2.45) is 7.05 Å². The Kier molecular flexibility index (Phi) is 4.17. The van der Waals surface area contributed by atoms with E-state index in [-0.39, 0.29) is 23.7 Å². The zero-order valence-electron chi connectivity index (χ0n) is 11.7. The molecule has 0 radical (unpaired) electrons. The molecule has 0 saturated heterocycles. The zero-order valence-corrected chi connectivity index (χ0v) is 11.7. The van der Waals surface area contributed by atoms with Crippen LogP contribution in [0.2, 0.25) is 0 Å². The molecule has 0 saturated carbocycles. The van der Waals surface area contributed by atoms with Crippen molar-refractivity contribution < 1.29 is 9.72 Å². The average molecular weight is 289 g/mol. The van der Waals surface area contributed by atoms with Gasteiger partial charge < -0.3 is 10.6 Å². The van der Waals surface area contributed by atoms with Crippen molar-refractivity contribution in [2.75, 3.05) is 12.4 Å². The summed E-state index contributed by atoms with van der Waals surface area (Å²) in [5, 5.41) is 20.5. The van der Waals surface area contributed by atoms with Crippen molar-refractivity contribution in [3.05, 3.63) is 51.8 Å². The molecular formula is C13H15N5O3. The largest absolute Gasteiger partial charge is 0.383 e. The van der Waals surface area contributed by atoms with Crippen molar-refractivity contribution in [3.8, 4) is 0 Å². The zero-order chi connectivity index (χ0) is 15.4. The van der Waals surface area contributed by atoms with Crippen LogP contribution in [0.15, 0.2) is 30.5 Å². The van der Waals surface area contributed by atoms with Crippen LogP contribution in [0.1, 0.15) is 16.1 Å². The standard InChI is InChI=1S/C13H15N5O3/c1-14-11-4-3-9(7-12(11)18(20)21)13(19)15-8-10-5-6-17(2)16-10/h3-7,14H,8H2,1-2H3,(H,15,19). The molecule has 2 rings (SSSR count). The van der Waals surface area contributed by atoms with E-state index in [0.29, 0.717) is 11.4 Å². The van der Waals surface area contributed by atoms with E-state index in [1.54, 1.807) is 31.0 Å². The minimum atomic E-state index is -0.526. The third-order valence-electron chi connectivity index (χ3n) is 2.92. The van der Waals surface area contributed by atoms with Gasteiger partial charge in [0.15, 0.2) is 0 Å². The second-order valence-electron chi connectivity index (χ2n) is 4.40. The highest BCUT2D eigenvalue weighted by atomic mass is 16.6. The molecule has 1 heterocycles. The third kappa shape index (κ3) is 3.35. The normalized spacial score (nSPS) is 10.2. The van der Waals surface area contributed by atoms with Crippen molar-refractivity contribution in [1.29, 1.82) is 0 Å². The predicted octanol–water partition coefficient (Wildman–Crippen LogP) is 1.30. The lowest BCUT2D eigenvalue weighted by molar-refractivity contribution is -0.384. The van der Waals surface area contributed by atoms with Gasteiger partial charge in [-0.25, -0.2) is 0 Å². The number of hydrogen-bond acceptors (Lipinski definition) is 5. The summed E-state index contributed by atoms with van der Waals surface area (Å²) in [6.07, 6.45) is 1.77. The van der Waals surface area contributed by atoms with Gasteiger partial charge in [-0.1, -0.05) is 0 Å². The fourth-order valence-electron chi connectivity index (χ4n) is 1.87. The Morgan fingerprint density at radius 1 is 1.43 bits per heavy atom. The first-order chi connectivity index (χ1) is 10.0.